The van der Waals surface area contributed by atoms with Crippen LogP contribution in [0.2, 0.25) is 0 Å². The molecule has 0 fully saturated rings. The van der Waals surface area contributed by atoms with Gasteiger partial charge in [-0.3, -0.25) is 0 Å². The maximum absolute atomic E-state index is 5.73. The molecule has 0 bridgehead atoms. The maximum atomic E-state index is 5.73. The summed E-state index contributed by atoms with van der Waals surface area (Å²) in [6, 6.07) is 9.79. The Morgan fingerprint density at radius 2 is 2.06 bits per heavy atom. The number of pyridine rings is 1. The molecular weight excluding hydrogens is 216 g/mol. The first-order chi connectivity index (χ1) is 8.35. The van der Waals surface area contributed by atoms with Crippen molar-refractivity contribution in [1.29, 1.82) is 0 Å². The molecular formula is C13H16N2O2. The lowest BCUT2D eigenvalue weighted by molar-refractivity contribution is 0.144. The minimum atomic E-state index is 0.476. The van der Waals surface area contributed by atoms with Crippen LogP contribution in [0.4, 0.5) is 0 Å². The molecule has 0 saturated carbocycles. The number of benzene rings is 1. The van der Waals surface area contributed by atoms with Gasteiger partial charge in [0.15, 0.2) is 0 Å². The van der Waals surface area contributed by atoms with Crippen molar-refractivity contribution in [2.75, 3.05) is 20.3 Å². The Morgan fingerprint density at radius 3 is 2.82 bits per heavy atom. The van der Waals surface area contributed by atoms with Crippen LogP contribution in [0.15, 0.2) is 30.3 Å². The minimum absolute atomic E-state index is 0.476. The first-order valence-corrected chi connectivity index (χ1v) is 5.55. The van der Waals surface area contributed by atoms with Gasteiger partial charge in [0, 0.05) is 25.1 Å². The van der Waals surface area contributed by atoms with E-state index in [0.29, 0.717) is 25.6 Å². The van der Waals surface area contributed by atoms with Crippen LogP contribution >= 0.6 is 0 Å². The second-order valence-electron chi connectivity index (χ2n) is 3.68. The molecule has 1 aromatic heterocycles. The number of rotatable bonds is 5. The third-order valence-electron chi connectivity index (χ3n) is 2.54. The largest absolute Gasteiger partial charge is 0.475 e. The van der Waals surface area contributed by atoms with Crippen molar-refractivity contribution in [3.05, 3.63) is 35.9 Å². The zero-order chi connectivity index (χ0) is 12.1. The van der Waals surface area contributed by atoms with Gasteiger partial charge in [-0.2, -0.15) is 0 Å². The zero-order valence-electron chi connectivity index (χ0n) is 9.85. The second-order valence-corrected chi connectivity index (χ2v) is 3.68. The van der Waals surface area contributed by atoms with Crippen molar-refractivity contribution < 1.29 is 9.47 Å². The Morgan fingerprint density at radius 1 is 1.24 bits per heavy atom. The van der Waals surface area contributed by atoms with E-state index < -0.39 is 0 Å². The number of para-hydroxylation sites is 1. The minimum Gasteiger partial charge on any atom is -0.475 e. The highest BCUT2D eigenvalue weighted by atomic mass is 16.5. The number of nitrogens with zero attached hydrogens (tertiary/aromatic N) is 1. The summed E-state index contributed by atoms with van der Waals surface area (Å²) >= 11 is 0. The van der Waals surface area contributed by atoms with Crippen LogP contribution in [0.3, 0.4) is 0 Å². The fourth-order valence-corrected chi connectivity index (χ4v) is 1.69. The average molecular weight is 232 g/mol. The van der Waals surface area contributed by atoms with Gasteiger partial charge >= 0.3 is 0 Å². The number of hydrogen-bond acceptors (Lipinski definition) is 4. The molecule has 0 saturated heterocycles. The highest BCUT2D eigenvalue weighted by molar-refractivity contribution is 5.82. The predicted molar refractivity (Wildman–Crippen MR) is 67.0 cm³/mol. The molecule has 1 heterocycles. The van der Waals surface area contributed by atoms with E-state index in [1.54, 1.807) is 7.11 Å². The van der Waals surface area contributed by atoms with Crippen LogP contribution in [0.25, 0.3) is 10.9 Å². The Hall–Kier alpha value is -1.65. The van der Waals surface area contributed by atoms with Gasteiger partial charge in [-0.05, 0) is 11.6 Å². The lowest BCUT2D eigenvalue weighted by atomic mass is 10.1. The lowest BCUT2D eigenvalue weighted by Gasteiger charge is -2.09. The van der Waals surface area contributed by atoms with Crippen LogP contribution in [0.1, 0.15) is 5.56 Å². The molecule has 0 aliphatic heterocycles. The third-order valence-corrected chi connectivity index (χ3v) is 2.54. The highest BCUT2D eigenvalue weighted by Gasteiger charge is 2.04. The molecule has 0 aliphatic rings. The topological polar surface area (TPSA) is 57.4 Å². The molecule has 0 spiro atoms. The first kappa shape index (κ1) is 11.8. The van der Waals surface area contributed by atoms with Crippen molar-refractivity contribution >= 4 is 10.9 Å². The molecule has 1 aromatic carbocycles. The van der Waals surface area contributed by atoms with Crippen LogP contribution in [-0.2, 0) is 11.3 Å². The van der Waals surface area contributed by atoms with Crippen LogP contribution < -0.4 is 10.5 Å². The normalized spacial score (nSPS) is 10.7. The number of nitrogens with two attached hydrogens (primary N) is 1. The molecule has 0 unspecified atom stereocenters. The Kier molecular flexibility index (Phi) is 3.90. The lowest BCUT2D eigenvalue weighted by Crippen LogP contribution is -2.07. The number of aromatic nitrogens is 1. The van der Waals surface area contributed by atoms with E-state index in [-0.39, 0.29) is 0 Å². The number of fused-ring (bicyclic) bond motifs is 1. The van der Waals surface area contributed by atoms with Gasteiger partial charge in [-0.25, -0.2) is 4.98 Å². The second kappa shape index (κ2) is 5.61. The smallest absolute Gasteiger partial charge is 0.214 e. The molecule has 90 valence electrons. The van der Waals surface area contributed by atoms with Crippen molar-refractivity contribution in [2.24, 2.45) is 5.73 Å². The van der Waals surface area contributed by atoms with Crippen LogP contribution in [-0.4, -0.2) is 25.3 Å². The summed E-state index contributed by atoms with van der Waals surface area (Å²) in [5.41, 5.74) is 7.68. The van der Waals surface area contributed by atoms with Gasteiger partial charge in [0.1, 0.15) is 6.61 Å². The monoisotopic (exact) mass is 232 g/mol. The van der Waals surface area contributed by atoms with Crippen LogP contribution in [0, 0.1) is 0 Å². The molecule has 0 amide bonds. The molecule has 0 atom stereocenters. The highest BCUT2D eigenvalue weighted by Crippen LogP contribution is 2.21. The summed E-state index contributed by atoms with van der Waals surface area (Å²) in [6.45, 7) is 1.52. The molecule has 17 heavy (non-hydrogen) atoms. The number of ether oxygens (including phenoxy) is 2. The van der Waals surface area contributed by atoms with Gasteiger partial charge in [-0.15, -0.1) is 0 Å². The molecule has 2 aromatic rings. The quantitative estimate of drug-likeness (QED) is 0.797. The van der Waals surface area contributed by atoms with E-state index in [1.165, 1.54) is 0 Å². The summed E-state index contributed by atoms with van der Waals surface area (Å²) in [6.07, 6.45) is 0. The molecule has 2 N–H and O–H groups in total. The summed E-state index contributed by atoms with van der Waals surface area (Å²) < 4.78 is 10.4. The Bertz CT molecular complexity index is 500. The maximum Gasteiger partial charge on any atom is 0.214 e. The molecule has 0 radical (unpaired) electrons. The van der Waals surface area contributed by atoms with Gasteiger partial charge in [0.05, 0.1) is 12.1 Å². The SMILES string of the molecule is COCCOc1cc(CN)c2ccccc2n1. The summed E-state index contributed by atoms with van der Waals surface area (Å²) in [7, 11) is 1.64. The summed E-state index contributed by atoms with van der Waals surface area (Å²) in [4.78, 5) is 4.42. The van der Waals surface area contributed by atoms with Gasteiger partial charge < -0.3 is 15.2 Å². The Balaban J connectivity index is 2.32. The van der Waals surface area contributed by atoms with E-state index in [9.17, 15) is 0 Å². The summed E-state index contributed by atoms with van der Waals surface area (Å²) in [5.74, 6) is 0.598. The molecule has 2 rings (SSSR count). The summed E-state index contributed by atoms with van der Waals surface area (Å²) in [5, 5.41) is 1.08. The third kappa shape index (κ3) is 2.72. The standard InChI is InChI=1S/C13H16N2O2/c1-16-6-7-17-13-8-10(9-14)11-4-2-3-5-12(11)15-13/h2-5,8H,6-7,9,14H2,1H3. The molecule has 4 heteroatoms. The van der Waals surface area contributed by atoms with Gasteiger partial charge in [0.25, 0.3) is 0 Å². The first-order valence-electron chi connectivity index (χ1n) is 5.55. The number of methoxy groups -OCH3 is 1. The number of hydrogen-bond donors (Lipinski definition) is 1. The fourth-order valence-electron chi connectivity index (χ4n) is 1.69. The van der Waals surface area contributed by atoms with Crippen molar-refractivity contribution in [2.45, 2.75) is 6.54 Å². The van der Waals surface area contributed by atoms with Crippen LogP contribution in [0.5, 0.6) is 5.88 Å². The van der Waals surface area contributed by atoms with E-state index in [0.717, 1.165) is 16.5 Å². The molecule has 0 aliphatic carbocycles. The van der Waals surface area contributed by atoms with Crippen molar-refractivity contribution in [3.63, 3.8) is 0 Å². The average Bonchev–Trinajstić information content (AvgIpc) is 2.38. The van der Waals surface area contributed by atoms with E-state index in [1.807, 2.05) is 30.3 Å². The van der Waals surface area contributed by atoms with E-state index in [2.05, 4.69) is 4.98 Å². The molecule has 4 nitrogen and oxygen atoms in total. The zero-order valence-corrected chi connectivity index (χ0v) is 9.85. The van der Waals surface area contributed by atoms with Gasteiger partial charge in [-0.1, -0.05) is 18.2 Å². The predicted octanol–water partition coefficient (Wildman–Crippen LogP) is 1.72. The van der Waals surface area contributed by atoms with Gasteiger partial charge in [0.2, 0.25) is 5.88 Å². The van der Waals surface area contributed by atoms with E-state index in [4.69, 9.17) is 15.2 Å². The van der Waals surface area contributed by atoms with E-state index >= 15 is 0 Å². The van der Waals surface area contributed by atoms with Crippen molar-refractivity contribution in [1.82, 2.24) is 4.98 Å². The van der Waals surface area contributed by atoms with Crippen molar-refractivity contribution in [3.8, 4) is 5.88 Å². The fraction of sp³-hybridized carbons (Fsp3) is 0.308. The Labute approximate surface area is 100 Å².